The Hall–Kier alpha value is -2.07. The lowest BCUT2D eigenvalue weighted by Crippen LogP contribution is -2.04. The van der Waals surface area contributed by atoms with Crippen LogP contribution in [0.1, 0.15) is 24.5 Å². The van der Waals surface area contributed by atoms with Crippen LogP contribution >= 0.6 is 11.6 Å². The van der Waals surface area contributed by atoms with Gasteiger partial charge in [-0.2, -0.15) is 0 Å². The first-order valence-electron chi connectivity index (χ1n) is 6.37. The maximum Gasteiger partial charge on any atom is 0.178 e. The van der Waals surface area contributed by atoms with Crippen molar-refractivity contribution in [2.45, 2.75) is 20.0 Å². The second kappa shape index (κ2) is 5.13. The molecule has 0 aliphatic heterocycles. The highest BCUT2D eigenvalue weighted by atomic mass is 35.5. The number of hydrogen-bond acceptors (Lipinski definition) is 3. The molecule has 2 aromatic heterocycles. The van der Waals surface area contributed by atoms with E-state index < -0.39 is 0 Å². The highest BCUT2D eigenvalue weighted by Gasteiger charge is 2.13. The predicted octanol–water partition coefficient (Wildman–Crippen LogP) is 4.06. The zero-order valence-electron chi connectivity index (χ0n) is 11.2. The van der Waals surface area contributed by atoms with Crippen LogP contribution in [0, 0.1) is 6.92 Å². The van der Waals surface area contributed by atoms with Crippen molar-refractivity contribution in [3.8, 4) is 5.75 Å². The van der Waals surface area contributed by atoms with Crippen LogP contribution < -0.4 is 4.74 Å². The van der Waals surface area contributed by atoms with E-state index in [9.17, 15) is 0 Å². The van der Waals surface area contributed by atoms with Gasteiger partial charge in [-0.05, 0) is 44.2 Å². The molecule has 1 atom stereocenters. The summed E-state index contributed by atoms with van der Waals surface area (Å²) in [6.07, 6.45) is -0.206. The molecule has 0 fully saturated rings. The first-order chi connectivity index (χ1) is 9.61. The fourth-order valence-electron chi connectivity index (χ4n) is 2.00. The Bertz CT molecular complexity index is 754. The summed E-state index contributed by atoms with van der Waals surface area (Å²) in [4.78, 5) is 12.1. The summed E-state index contributed by atoms with van der Waals surface area (Å²) < 4.78 is 5.84. The molecule has 0 radical (unpaired) electrons. The second-order valence-corrected chi connectivity index (χ2v) is 5.10. The molecule has 1 aromatic carbocycles. The van der Waals surface area contributed by atoms with E-state index >= 15 is 0 Å². The second-order valence-electron chi connectivity index (χ2n) is 4.66. The molecule has 0 spiro atoms. The summed E-state index contributed by atoms with van der Waals surface area (Å²) in [5.74, 6) is 1.47. The third kappa shape index (κ3) is 2.60. The minimum Gasteiger partial charge on any atom is -0.483 e. The summed E-state index contributed by atoms with van der Waals surface area (Å²) in [6.45, 7) is 3.88. The van der Waals surface area contributed by atoms with Crippen LogP contribution in [0.2, 0.25) is 5.02 Å². The van der Waals surface area contributed by atoms with E-state index in [0.29, 0.717) is 10.7 Å². The Kier molecular flexibility index (Phi) is 3.32. The van der Waals surface area contributed by atoms with Crippen LogP contribution in [0.5, 0.6) is 5.75 Å². The average Bonchev–Trinajstić information content (AvgIpc) is 2.81. The summed E-state index contributed by atoms with van der Waals surface area (Å²) in [5.41, 5.74) is 2.56. The fraction of sp³-hybridized carbons (Fsp3) is 0.200. The number of fused-ring (bicyclic) bond motifs is 1. The first kappa shape index (κ1) is 12.9. The van der Waals surface area contributed by atoms with Gasteiger partial charge < -0.3 is 9.72 Å². The Labute approximate surface area is 121 Å². The highest BCUT2D eigenvalue weighted by Crippen LogP contribution is 2.24. The van der Waals surface area contributed by atoms with Crippen molar-refractivity contribution in [3.05, 3.63) is 52.9 Å². The number of aromatic amines is 1. The smallest absolute Gasteiger partial charge is 0.178 e. The monoisotopic (exact) mass is 287 g/mol. The van der Waals surface area contributed by atoms with E-state index in [1.165, 1.54) is 0 Å². The minimum atomic E-state index is -0.206. The molecule has 1 unspecified atom stereocenters. The van der Waals surface area contributed by atoms with Crippen molar-refractivity contribution in [1.29, 1.82) is 0 Å². The topological polar surface area (TPSA) is 50.8 Å². The van der Waals surface area contributed by atoms with Gasteiger partial charge in [-0.15, -0.1) is 0 Å². The molecule has 0 aliphatic carbocycles. The summed E-state index contributed by atoms with van der Waals surface area (Å²) in [7, 11) is 0. The molecular weight excluding hydrogens is 274 g/mol. The van der Waals surface area contributed by atoms with Gasteiger partial charge >= 0.3 is 0 Å². The maximum atomic E-state index is 5.94. The normalized spacial score (nSPS) is 12.6. The quantitative estimate of drug-likeness (QED) is 0.790. The number of rotatable bonds is 3. The number of ether oxygens (including phenoxy) is 1. The average molecular weight is 288 g/mol. The largest absolute Gasteiger partial charge is 0.483 e. The van der Waals surface area contributed by atoms with Gasteiger partial charge in [-0.25, -0.2) is 9.97 Å². The van der Waals surface area contributed by atoms with Crippen molar-refractivity contribution in [2.75, 3.05) is 0 Å². The van der Waals surface area contributed by atoms with Crippen molar-refractivity contribution in [1.82, 2.24) is 15.0 Å². The SMILES string of the molecule is Cc1ccc2[nH]c(C(C)Oc3cccc(Cl)c3)nc2n1. The van der Waals surface area contributed by atoms with E-state index in [0.717, 1.165) is 22.8 Å². The van der Waals surface area contributed by atoms with Crippen LogP contribution in [0.3, 0.4) is 0 Å². The molecule has 0 aliphatic rings. The molecule has 0 bridgehead atoms. The number of halogens is 1. The van der Waals surface area contributed by atoms with Gasteiger partial charge in [0.05, 0.1) is 5.52 Å². The number of nitrogens with one attached hydrogen (secondary N) is 1. The van der Waals surface area contributed by atoms with E-state index in [-0.39, 0.29) is 6.10 Å². The van der Waals surface area contributed by atoms with Gasteiger partial charge in [-0.1, -0.05) is 17.7 Å². The summed E-state index contributed by atoms with van der Waals surface area (Å²) in [5, 5.41) is 0.650. The Morgan fingerprint density at radius 2 is 2.05 bits per heavy atom. The van der Waals surface area contributed by atoms with Crippen molar-refractivity contribution in [3.63, 3.8) is 0 Å². The van der Waals surface area contributed by atoms with Crippen molar-refractivity contribution in [2.24, 2.45) is 0 Å². The van der Waals surface area contributed by atoms with Gasteiger partial charge in [0.25, 0.3) is 0 Å². The molecule has 102 valence electrons. The van der Waals surface area contributed by atoms with E-state index in [2.05, 4.69) is 15.0 Å². The zero-order valence-corrected chi connectivity index (χ0v) is 12.0. The Balaban J connectivity index is 1.86. The number of aryl methyl sites for hydroxylation is 1. The number of H-pyrrole nitrogens is 1. The molecule has 4 nitrogen and oxygen atoms in total. The lowest BCUT2D eigenvalue weighted by molar-refractivity contribution is 0.218. The number of hydrogen-bond donors (Lipinski definition) is 1. The van der Waals surface area contributed by atoms with E-state index in [1.807, 2.05) is 44.2 Å². The lowest BCUT2D eigenvalue weighted by atomic mass is 10.3. The summed E-state index contributed by atoms with van der Waals surface area (Å²) >= 11 is 5.94. The first-order valence-corrected chi connectivity index (χ1v) is 6.75. The lowest BCUT2D eigenvalue weighted by Gasteiger charge is -2.12. The predicted molar refractivity (Wildman–Crippen MR) is 79.1 cm³/mol. The number of pyridine rings is 1. The molecule has 3 rings (SSSR count). The van der Waals surface area contributed by atoms with Crippen LogP contribution in [0.4, 0.5) is 0 Å². The van der Waals surface area contributed by atoms with Gasteiger partial charge in [-0.3, -0.25) is 0 Å². The van der Waals surface area contributed by atoms with Crippen LogP contribution in [-0.4, -0.2) is 15.0 Å². The van der Waals surface area contributed by atoms with E-state index in [1.54, 1.807) is 6.07 Å². The number of imidazole rings is 1. The van der Waals surface area contributed by atoms with Gasteiger partial charge in [0.2, 0.25) is 0 Å². The minimum absolute atomic E-state index is 0.206. The molecule has 0 amide bonds. The molecule has 20 heavy (non-hydrogen) atoms. The fourth-order valence-corrected chi connectivity index (χ4v) is 2.18. The standard InChI is InChI=1S/C15H14ClN3O/c1-9-6-7-13-15(17-9)19-14(18-13)10(2)20-12-5-3-4-11(16)8-12/h3-8,10H,1-2H3,(H,17,18,19). The van der Waals surface area contributed by atoms with E-state index in [4.69, 9.17) is 16.3 Å². The van der Waals surface area contributed by atoms with Crippen LogP contribution in [0.15, 0.2) is 36.4 Å². The number of benzene rings is 1. The molecular formula is C15H14ClN3O. The molecule has 5 heteroatoms. The van der Waals surface area contributed by atoms with Crippen LogP contribution in [0.25, 0.3) is 11.2 Å². The highest BCUT2D eigenvalue weighted by molar-refractivity contribution is 6.30. The molecule has 3 aromatic rings. The number of nitrogens with zero attached hydrogens (tertiary/aromatic N) is 2. The number of aromatic nitrogens is 3. The molecule has 1 N–H and O–H groups in total. The summed E-state index contributed by atoms with van der Waals surface area (Å²) in [6, 6.07) is 11.2. The van der Waals surface area contributed by atoms with Crippen molar-refractivity contribution < 1.29 is 4.74 Å². The third-order valence-electron chi connectivity index (χ3n) is 3.00. The molecule has 2 heterocycles. The van der Waals surface area contributed by atoms with Crippen LogP contribution in [-0.2, 0) is 0 Å². The molecule has 0 saturated carbocycles. The van der Waals surface area contributed by atoms with Crippen molar-refractivity contribution >= 4 is 22.8 Å². The van der Waals surface area contributed by atoms with Gasteiger partial charge in [0.1, 0.15) is 11.6 Å². The van der Waals surface area contributed by atoms with Gasteiger partial charge in [0.15, 0.2) is 11.8 Å². The third-order valence-corrected chi connectivity index (χ3v) is 3.23. The van der Waals surface area contributed by atoms with Gasteiger partial charge in [0, 0.05) is 10.7 Å². The Morgan fingerprint density at radius 1 is 1.20 bits per heavy atom. The maximum absolute atomic E-state index is 5.94. The Morgan fingerprint density at radius 3 is 2.85 bits per heavy atom. The zero-order chi connectivity index (χ0) is 14.1. The molecule has 0 saturated heterocycles.